The molecule has 1 aliphatic rings. The predicted molar refractivity (Wildman–Crippen MR) is 71.7 cm³/mol. The van der Waals surface area contributed by atoms with Crippen molar-refractivity contribution in [2.45, 2.75) is 32.6 Å². The van der Waals surface area contributed by atoms with Gasteiger partial charge in [0.05, 0.1) is 0 Å². The molecule has 0 bridgehead atoms. The SMILES string of the molecule is CCCc1ccc(OCC(=O)N2CCCC2)cc1. The Labute approximate surface area is 109 Å². The van der Waals surface area contributed by atoms with Gasteiger partial charge >= 0.3 is 0 Å². The Hall–Kier alpha value is -1.51. The Balaban J connectivity index is 1.80. The number of benzene rings is 1. The quantitative estimate of drug-likeness (QED) is 0.800. The van der Waals surface area contributed by atoms with Crippen molar-refractivity contribution in [1.82, 2.24) is 4.90 Å². The second-order valence-electron chi connectivity index (χ2n) is 4.77. The smallest absolute Gasteiger partial charge is 0.260 e. The van der Waals surface area contributed by atoms with Gasteiger partial charge in [0, 0.05) is 13.1 Å². The summed E-state index contributed by atoms with van der Waals surface area (Å²) in [5, 5.41) is 0. The van der Waals surface area contributed by atoms with Crippen molar-refractivity contribution in [3.8, 4) is 5.75 Å². The van der Waals surface area contributed by atoms with E-state index < -0.39 is 0 Å². The average molecular weight is 247 g/mol. The molecular formula is C15H21NO2. The zero-order valence-corrected chi connectivity index (χ0v) is 11.0. The molecule has 1 aromatic carbocycles. The van der Waals surface area contributed by atoms with Crippen molar-refractivity contribution in [2.75, 3.05) is 19.7 Å². The summed E-state index contributed by atoms with van der Waals surface area (Å²) in [4.78, 5) is 13.7. The molecule has 0 aromatic heterocycles. The highest BCUT2D eigenvalue weighted by Crippen LogP contribution is 2.14. The van der Waals surface area contributed by atoms with Gasteiger partial charge in [-0.05, 0) is 37.0 Å². The van der Waals surface area contributed by atoms with Gasteiger partial charge in [-0.2, -0.15) is 0 Å². The van der Waals surface area contributed by atoms with E-state index in [9.17, 15) is 4.79 Å². The maximum absolute atomic E-state index is 11.8. The average Bonchev–Trinajstić information content (AvgIpc) is 2.92. The van der Waals surface area contributed by atoms with Crippen LogP contribution in [0.5, 0.6) is 5.75 Å². The monoisotopic (exact) mass is 247 g/mol. The van der Waals surface area contributed by atoms with E-state index in [0.717, 1.165) is 44.5 Å². The van der Waals surface area contributed by atoms with E-state index in [1.165, 1.54) is 5.56 Å². The van der Waals surface area contributed by atoms with Gasteiger partial charge in [-0.3, -0.25) is 4.79 Å². The summed E-state index contributed by atoms with van der Waals surface area (Å²) in [5.41, 5.74) is 1.32. The van der Waals surface area contributed by atoms with Gasteiger partial charge in [0.15, 0.2) is 6.61 Å². The van der Waals surface area contributed by atoms with Crippen LogP contribution in [0, 0.1) is 0 Å². The van der Waals surface area contributed by atoms with Gasteiger partial charge in [-0.15, -0.1) is 0 Å². The van der Waals surface area contributed by atoms with Crippen LogP contribution in [0.25, 0.3) is 0 Å². The van der Waals surface area contributed by atoms with E-state index in [-0.39, 0.29) is 12.5 Å². The Bertz CT molecular complexity index is 380. The Kier molecular flexibility index (Phi) is 4.62. The number of carbonyl (C=O) groups is 1. The van der Waals surface area contributed by atoms with Crippen molar-refractivity contribution in [3.63, 3.8) is 0 Å². The van der Waals surface area contributed by atoms with Crippen molar-refractivity contribution in [2.24, 2.45) is 0 Å². The lowest BCUT2D eigenvalue weighted by Crippen LogP contribution is -2.32. The molecule has 0 radical (unpaired) electrons. The first kappa shape index (κ1) is 12.9. The highest BCUT2D eigenvalue weighted by Gasteiger charge is 2.17. The lowest BCUT2D eigenvalue weighted by molar-refractivity contribution is -0.132. The standard InChI is InChI=1S/C15H21NO2/c1-2-5-13-6-8-14(9-7-13)18-12-15(17)16-10-3-4-11-16/h6-9H,2-5,10-12H2,1H3. The molecule has 0 spiro atoms. The van der Waals surface area contributed by atoms with Crippen LogP contribution in [0.1, 0.15) is 31.7 Å². The van der Waals surface area contributed by atoms with Crippen LogP contribution in [0.4, 0.5) is 0 Å². The van der Waals surface area contributed by atoms with Crippen LogP contribution in [0.3, 0.4) is 0 Å². The van der Waals surface area contributed by atoms with Crippen molar-refractivity contribution < 1.29 is 9.53 Å². The molecule has 0 saturated carbocycles. The lowest BCUT2D eigenvalue weighted by atomic mass is 10.1. The molecule has 3 nitrogen and oxygen atoms in total. The summed E-state index contributed by atoms with van der Waals surface area (Å²) in [6.07, 6.45) is 4.48. The van der Waals surface area contributed by atoms with Crippen LogP contribution >= 0.6 is 0 Å². The number of hydrogen-bond acceptors (Lipinski definition) is 2. The van der Waals surface area contributed by atoms with Gasteiger partial charge in [-0.1, -0.05) is 25.5 Å². The fourth-order valence-corrected chi connectivity index (χ4v) is 2.24. The van der Waals surface area contributed by atoms with Crippen LogP contribution in [0.15, 0.2) is 24.3 Å². The minimum absolute atomic E-state index is 0.102. The maximum Gasteiger partial charge on any atom is 0.260 e. The van der Waals surface area contributed by atoms with Gasteiger partial charge in [0.25, 0.3) is 5.91 Å². The van der Waals surface area contributed by atoms with Crippen molar-refractivity contribution >= 4 is 5.91 Å². The van der Waals surface area contributed by atoms with Gasteiger partial charge in [-0.25, -0.2) is 0 Å². The molecule has 18 heavy (non-hydrogen) atoms. The number of hydrogen-bond donors (Lipinski definition) is 0. The summed E-state index contributed by atoms with van der Waals surface area (Å²) >= 11 is 0. The molecule has 0 atom stereocenters. The molecule has 98 valence electrons. The number of likely N-dealkylation sites (tertiary alicyclic amines) is 1. The number of ether oxygens (including phenoxy) is 1. The second-order valence-corrected chi connectivity index (χ2v) is 4.77. The van der Waals surface area contributed by atoms with E-state index in [1.54, 1.807) is 0 Å². The van der Waals surface area contributed by atoms with Crippen molar-refractivity contribution in [1.29, 1.82) is 0 Å². The molecule has 3 heteroatoms. The number of aryl methyl sites for hydroxylation is 1. The highest BCUT2D eigenvalue weighted by atomic mass is 16.5. The molecule has 0 aliphatic carbocycles. The van der Waals surface area contributed by atoms with Crippen LogP contribution in [-0.2, 0) is 11.2 Å². The molecule has 1 fully saturated rings. The van der Waals surface area contributed by atoms with Crippen LogP contribution in [0.2, 0.25) is 0 Å². The molecular weight excluding hydrogens is 226 g/mol. The summed E-state index contributed by atoms with van der Waals surface area (Å²) in [5.74, 6) is 0.882. The molecule has 1 heterocycles. The number of carbonyl (C=O) groups excluding carboxylic acids is 1. The van der Waals surface area contributed by atoms with E-state index >= 15 is 0 Å². The summed E-state index contributed by atoms with van der Waals surface area (Å²) in [6.45, 7) is 4.10. The van der Waals surface area contributed by atoms with Gasteiger partial charge in [0.1, 0.15) is 5.75 Å². The van der Waals surface area contributed by atoms with E-state index in [1.807, 2.05) is 17.0 Å². The zero-order valence-electron chi connectivity index (χ0n) is 11.0. The number of rotatable bonds is 5. The molecule has 1 amide bonds. The van der Waals surface area contributed by atoms with E-state index in [2.05, 4.69) is 19.1 Å². The molecule has 0 N–H and O–H groups in total. The molecule has 0 unspecified atom stereocenters. The van der Waals surface area contributed by atoms with Crippen molar-refractivity contribution in [3.05, 3.63) is 29.8 Å². The van der Waals surface area contributed by atoms with Crippen LogP contribution < -0.4 is 4.74 Å². The number of amides is 1. The van der Waals surface area contributed by atoms with Crippen LogP contribution in [-0.4, -0.2) is 30.5 Å². The minimum Gasteiger partial charge on any atom is -0.484 e. The Morgan fingerprint density at radius 1 is 1.22 bits per heavy atom. The fourth-order valence-electron chi connectivity index (χ4n) is 2.24. The third-order valence-electron chi connectivity index (χ3n) is 3.28. The molecule has 1 saturated heterocycles. The first-order chi connectivity index (χ1) is 8.79. The zero-order chi connectivity index (χ0) is 12.8. The first-order valence-electron chi connectivity index (χ1n) is 6.79. The summed E-state index contributed by atoms with van der Waals surface area (Å²) in [6, 6.07) is 8.03. The van der Waals surface area contributed by atoms with Gasteiger partial charge < -0.3 is 9.64 Å². The predicted octanol–water partition coefficient (Wildman–Crippen LogP) is 2.64. The lowest BCUT2D eigenvalue weighted by Gasteiger charge is -2.15. The third kappa shape index (κ3) is 3.49. The van der Waals surface area contributed by atoms with E-state index in [0.29, 0.717) is 0 Å². The molecule has 2 rings (SSSR count). The second kappa shape index (κ2) is 6.43. The summed E-state index contributed by atoms with van der Waals surface area (Å²) < 4.78 is 5.52. The largest absolute Gasteiger partial charge is 0.484 e. The normalized spacial score (nSPS) is 14.8. The summed E-state index contributed by atoms with van der Waals surface area (Å²) in [7, 11) is 0. The maximum atomic E-state index is 11.8. The number of nitrogens with zero attached hydrogens (tertiary/aromatic N) is 1. The minimum atomic E-state index is 0.102. The van der Waals surface area contributed by atoms with E-state index in [4.69, 9.17) is 4.74 Å². The highest BCUT2D eigenvalue weighted by molar-refractivity contribution is 5.78. The topological polar surface area (TPSA) is 29.5 Å². The Morgan fingerprint density at radius 2 is 1.89 bits per heavy atom. The molecule has 1 aromatic rings. The third-order valence-corrected chi connectivity index (χ3v) is 3.28. The molecule has 1 aliphatic heterocycles. The Morgan fingerprint density at radius 3 is 2.50 bits per heavy atom. The fraction of sp³-hybridized carbons (Fsp3) is 0.533. The van der Waals surface area contributed by atoms with Gasteiger partial charge in [0.2, 0.25) is 0 Å². The first-order valence-corrected chi connectivity index (χ1v) is 6.79.